The van der Waals surface area contributed by atoms with Crippen LogP contribution >= 0.6 is 11.6 Å². The standard InChI is InChI=1S/C31H23ClF3N3O5S2/c32-28-18-15-23(19-27(28)31(33,34)35)38(45(42,43)25-9-2-1-3-10-25)20-30(39)36-22-13-16-24(17-14-22)44(40,41)37-29-12-6-8-21-7-4-5-11-26(21)29/h1-19,37H,20H2,(H,36,39). The molecule has 0 saturated carbocycles. The summed E-state index contributed by atoms with van der Waals surface area (Å²) in [6.07, 6.45) is -4.89. The number of carbonyl (C=O) groups is 1. The molecule has 232 valence electrons. The Morgan fingerprint density at radius 1 is 0.756 bits per heavy atom. The van der Waals surface area contributed by atoms with Gasteiger partial charge in [0.2, 0.25) is 5.91 Å². The Balaban J connectivity index is 1.38. The van der Waals surface area contributed by atoms with Crippen LogP contribution in [0.3, 0.4) is 0 Å². The number of fused-ring (bicyclic) bond motifs is 1. The summed E-state index contributed by atoms with van der Waals surface area (Å²) in [6.45, 7) is -0.904. The van der Waals surface area contributed by atoms with Crippen molar-refractivity contribution in [2.24, 2.45) is 0 Å². The molecule has 5 aromatic rings. The normalized spacial score (nSPS) is 12.1. The maximum Gasteiger partial charge on any atom is 0.417 e. The minimum Gasteiger partial charge on any atom is -0.325 e. The molecule has 1 amide bonds. The first-order valence-electron chi connectivity index (χ1n) is 13.1. The van der Waals surface area contributed by atoms with Crippen molar-refractivity contribution < 1.29 is 34.8 Å². The molecule has 0 unspecified atom stereocenters. The van der Waals surface area contributed by atoms with Crippen molar-refractivity contribution in [3.8, 4) is 0 Å². The monoisotopic (exact) mass is 673 g/mol. The first kappa shape index (κ1) is 31.8. The van der Waals surface area contributed by atoms with E-state index in [9.17, 15) is 34.8 Å². The molecule has 2 N–H and O–H groups in total. The number of benzene rings is 5. The molecule has 0 bridgehead atoms. The van der Waals surface area contributed by atoms with Crippen molar-refractivity contribution in [2.75, 3.05) is 20.9 Å². The van der Waals surface area contributed by atoms with E-state index in [-0.39, 0.29) is 15.5 Å². The Labute approximate surface area is 262 Å². The molecule has 0 spiro atoms. The second-order valence-corrected chi connectivity index (χ2v) is 13.6. The van der Waals surface area contributed by atoms with Crippen molar-refractivity contribution >= 4 is 65.4 Å². The molecular weight excluding hydrogens is 651 g/mol. The van der Waals surface area contributed by atoms with Crippen LogP contribution in [-0.2, 0) is 31.0 Å². The number of rotatable bonds is 9. The summed E-state index contributed by atoms with van der Waals surface area (Å²) in [4.78, 5) is 12.7. The molecular formula is C31H23ClF3N3O5S2. The average molecular weight is 674 g/mol. The number of nitrogens with one attached hydrogen (secondary N) is 2. The largest absolute Gasteiger partial charge is 0.417 e. The van der Waals surface area contributed by atoms with Gasteiger partial charge in [-0.25, -0.2) is 16.8 Å². The first-order valence-corrected chi connectivity index (χ1v) is 16.4. The van der Waals surface area contributed by atoms with E-state index in [1.165, 1.54) is 48.5 Å². The van der Waals surface area contributed by atoms with Gasteiger partial charge in [-0.1, -0.05) is 66.2 Å². The van der Waals surface area contributed by atoms with E-state index < -0.39 is 54.9 Å². The lowest BCUT2D eigenvalue weighted by Crippen LogP contribution is -2.38. The van der Waals surface area contributed by atoms with Crippen LogP contribution in [-0.4, -0.2) is 29.3 Å². The van der Waals surface area contributed by atoms with Gasteiger partial charge in [-0.3, -0.25) is 13.8 Å². The van der Waals surface area contributed by atoms with Crippen LogP contribution in [0.15, 0.2) is 125 Å². The van der Waals surface area contributed by atoms with Crippen LogP contribution in [0.1, 0.15) is 5.56 Å². The highest BCUT2D eigenvalue weighted by atomic mass is 35.5. The highest BCUT2D eigenvalue weighted by Crippen LogP contribution is 2.38. The van der Waals surface area contributed by atoms with Gasteiger partial charge in [0.25, 0.3) is 20.0 Å². The van der Waals surface area contributed by atoms with Gasteiger partial charge in [0.05, 0.1) is 31.8 Å². The average Bonchev–Trinajstić information content (AvgIpc) is 3.00. The second-order valence-electron chi connectivity index (χ2n) is 9.69. The summed E-state index contributed by atoms with van der Waals surface area (Å²) in [5, 5.41) is 3.36. The third-order valence-electron chi connectivity index (χ3n) is 6.64. The van der Waals surface area contributed by atoms with Gasteiger partial charge in [-0.15, -0.1) is 0 Å². The minimum absolute atomic E-state index is 0.109. The maximum absolute atomic E-state index is 13.6. The number of alkyl halides is 3. The summed E-state index contributed by atoms with van der Waals surface area (Å²) >= 11 is 5.73. The van der Waals surface area contributed by atoms with Crippen LogP contribution < -0.4 is 14.3 Å². The fourth-order valence-electron chi connectivity index (χ4n) is 4.49. The maximum atomic E-state index is 13.6. The number of anilines is 3. The second kappa shape index (κ2) is 12.4. The third kappa shape index (κ3) is 7.06. The number of nitrogens with zero attached hydrogens (tertiary/aromatic N) is 1. The molecule has 0 aliphatic carbocycles. The Morgan fingerprint density at radius 2 is 1.40 bits per heavy atom. The van der Waals surface area contributed by atoms with E-state index in [2.05, 4.69) is 10.0 Å². The molecule has 0 heterocycles. The molecule has 0 aliphatic heterocycles. The first-order chi connectivity index (χ1) is 21.3. The number of halogens is 4. The molecule has 45 heavy (non-hydrogen) atoms. The molecule has 0 aliphatic rings. The van der Waals surface area contributed by atoms with Crippen molar-refractivity contribution in [3.05, 3.63) is 126 Å². The lowest BCUT2D eigenvalue weighted by molar-refractivity contribution is -0.137. The minimum atomic E-state index is -4.89. The lowest BCUT2D eigenvalue weighted by atomic mass is 10.1. The zero-order valence-corrected chi connectivity index (χ0v) is 25.4. The van der Waals surface area contributed by atoms with Gasteiger partial charge in [0, 0.05) is 11.1 Å². The number of sulfonamides is 2. The highest BCUT2D eigenvalue weighted by Gasteiger charge is 2.35. The zero-order valence-electron chi connectivity index (χ0n) is 23.0. The van der Waals surface area contributed by atoms with E-state index >= 15 is 0 Å². The van der Waals surface area contributed by atoms with E-state index in [0.717, 1.165) is 17.5 Å². The topological polar surface area (TPSA) is 113 Å². The quantitative estimate of drug-likeness (QED) is 0.173. The van der Waals surface area contributed by atoms with Crippen LogP contribution in [0.25, 0.3) is 10.8 Å². The smallest absolute Gasteiger partial charge is 0.325 e. The van der Waals surface area contributed by atoms with Gasteiger partial charge in [-0.05, 0) is 66.0 Å². The summed E-state index contributed by atoms with van der Waals surface area (Å²) in [5.41, 5.74) is -1.22. The molecule has 0 saturated heterocycles. The number of hydrogen-bond acceptors (Lipinski definition) is 5. The number of hydrogen-bond donors (Lipinski definition) is 2. The predicted molar refractivity (Wildman–Crippen MR) is 167 cm³/mol. The molecule has 0 aromatic heterocycles. The number of amides is 1. The van der Waals surface area contributed by atoms with Gasteiger partial charge < -0.3 is 5.32 Å². The lowest BCUT2D eigenvalue weighted by Gasteiger charge is -2.25. The van der Waals surface area contributed by atoms with E-state index in [4.69, 9.17) is 11.6 Å². The van der Waals surface area contributed by atoms with E-state index in [1.54, 1.807) is 30.3 Å². The molecule has 5 rings (SSSR count). The molecule has 8 nitrogen and oxygen atoms in total. The van der Waals surface area contributed by atoms with Gasteiger partial charge in [0.1, 0.15) is 6.54 Å². The molecule has 5 aromatic carbocycles. The van der Waals surface area contributed by atoms with Crippen LogP contribution in [0, 0.1) is 0 Å². The fraction of sp³-hybridized carbons (Fsp3) is 0.0645. The van der Waals surface area contributed by atoms with Crippen molar-refractivity contribution in [3.63, 3.8) is 0 Å². The van der Waals surface area contributed by atoms with Crippen LogP contribution in [0.4, 0.5) is 30.2 Å². The van der Waals surface area contributed by atoms with Gasteiger partial charge in [-0.2, -0.15) is 13.2 Å². The summed E-state index contributed by atoms with van der Waals surface area (Å²) in [5.74, 6) is -0.900. The van der Waals surface area contributed by atoms with Crippen molar-refractivity contribution in [1.82, 2.24) is 0 Å². The Kier molecular flexibility index (Phi) is 8.79. The summed E-state index contributed by atoms with van der Waals surface area (Å²) in [7, 11) is -8.54. The van der Waals surface area contributed by atoms with E-state index in [1.807, 2.05) is 18.2 Å². The molecule has 0 fully saturated rings. The van der Waals surface area contributed by atoms with Crippen molar-refractivity contribution in [2.45, 2.75) is 16.0 Å². The van der Waals surface area contributed by atoms with Gasteiger partial charge in [0.15, 0.2) is 0 Å². The summed E-state index contributed by atoms with van der Waals surface area (Å²) < 4.78 is 97.1. The van der Waals surface area contributed by atoms with Crippen LogP contribution in [0.2, 0.25) is 5.02 Å². The third-order valence-corrected chi connectivity index (χ3v) is 10.1. The zero-order chi connectivity index (χ0) is 32.4. The van der Waals surface area contributed by atoms with E-state index in [0.29, 0.717) is 21.4 Å². The molecule has 0 atom stereocenters. The number of carbonyl (C=O) groups excluding carboxylic acids is 1. The van der Waals surface area contributed by atoms with Gasteiger partial charge >= 0.3 is 6.18 Å². The fourth-order valence-corrected chi connectivity index (χ4v) is 7.23. The summed E-state index contributed by atoms with van der Waals surface area (Å²) in [6, 6.07) is 26.9. The highest BCUT2D eigenvalue weighted by molar-refractivity contribution is 7.93. The van der Waals surface area contributed by atoms with Crippen LogP contribution in [0.5, 0.6) is 0 Å². The Bertz CT molecular complexity index is 2090. The van der Waals surface area contributed by atoms with Crippen molar-refractivity contribution in [1.29, 1.82) is 0 Å². The SMILES string of the molecule is O=C(CN(c1ccc(Cl)c(C(F)(F)F)c1)S(=O)(=O)c1ccccc1)Nc1ccc(S(=O)(=O)Nc2cccc3ccccc23)cc1. The predicted octanol–water partition coefficient (Wildman–Crippen LogP) is 7.15. The Hall–Kier alpha value is -4.59. The molecule has 0 radical (unpaired) electrons. The molecule has 14 heteroatoms. The Morgan fingerprint density at radius 3 is 2.09 bits per heavy atom.